The van der Waals surface area contributed by atoms with Gasteiger partial charge in [-0.05, 0) is 13.8 Å². The number of hydrogen-bond acceptors (Lipinski definition) is 3. The van der Waals surface area contributed by atoms with Crippen molar-refractivity contribution in [1.82, 2.24) is 19.4 Å². The van der Waals surface area contributed by atoms with E-state index in [1.54, 1.807) is 0 Å². The summed E-state index contributed by atoms with van der Waals surface area (Å²) in [5, 5.41) is 0. The molecular formula is C14H24N4. The van der Waals surface area contributed by atoms with Crippen LogP contribution in [0.25, 0.3) is 0 Å². The second-order valence-corrected chi connectivity index (χ2v) is 5.00. The van der Waals surface area contributed by atoms with Gasteiger partial charge in [-0.1, -0.05) is 6.08 Å². The average molecular weight is 248 g/mol. The summed E-state index contributed by atoms with van der Waals surface area (Å²) in [6.45, 7) is 14.6. The Morgan fingerprint density at radius 3 is 3.00 bits per heavy atom. The van der Waals surface area contributed by atoms with Gasteiger partial charge in [-0.3, -0.25) is 9.80 Å². The van der Waals surface area contributed by atoms with Gasteiger partial charge in [-0.25, -0.2) is 4.98 Å². The monoisotopic (exact) mass is 248 g/mol. The van der Waals surface area contributed by atoms with Gasteiger partial charge >= 0.3 is 0 Å². The minimum Gasteiger partial charge on any atom is -0.334 e. The van der Waals surface area contributed by atoms with Crippen molar-refractivity contribution in [2.24, 2.45) is 0 Å². The molecule has 100 valence electrons. The van der Waals surface area contributed by atoms with Crippen molar-refractivity contribution in [3.63, 3.8) is 0 Å². The zero-order valence-corrected chi connectivity index (χ0v) is 11.5. The molecule has 1 fully saturated rings. The van der Waals surface area contributed by atoms with Crippen LogP contribution in [0.15, 0.2) is 25.0 Å². The van der Waals surface area contributed by atoms with Crippen LogP contribution < -0.4 is 0 Å². The van der Waals surface area contributed by atoms with Gasteiger partial charge in [0.2, 0.25) is 0 Å². The molecular weight excluding hydrogens is 224 g/mol. The maximum Gasteiger partial charge on any atom is 0.122 e. The average Bonchev–Trinajstić information content (AvgIpc) is 2.80. The number of piperazine rings is 1. The fourth-order valence-electron chi connectivity index (χ4n) is 2.62. The summed E-state index contributed by atoms with van der Waals surface area (Å²) in [6, 6.07) is 0.584. The van der Waals surface area contributed by atoms with E-state index in [1.165, 1.54) is 5.82 Å². The third-order valence-corrected chi connectivity index (χ3v) is 3.72. The Labute approximate surface area is 110 Å². The van der Waals surface area contributed by atoms with Gasteiger partial charge in [-0.2, -0.15) is 0 Å². The number of aromatic nitrogens is 2. The van der Waals surface area contributed by atoms with Crippen molar-refractivity contribution in [3.8, 4) is 0 Å². The summed E-state index contributed by atoms with van der Waals surface area (Å²) >= 11 is 0. The zero-order valence-electron chi connectivity index (χ0n) is 11.5. The molecule has 1 aromatic heterocycles. The molecule has 0 N–H and O–H groups in total. The Bertz CT molecular complexity index is 385. The standard InChI is InChI=1S/C14H24N4/c1-4-7-16-9-10-18(13(3)11-16)12-14-15-6-8-17(14)5-2/h4,6,8,13H,1,5,7,9-12H2,2-3H3/t13-/m0/s1. The molecule has 2 heterocycles. The van der Waals surface area contributed by atoms with Crippen LogP contribution >= 0.6 is 0 Å². The van der Waals surface area contributed by atoms with E-state index >= 15 is 0 Å². The first-order valence-electron chi connectivity index (χ1n) is 6.82. The van der Waals surface area contributed by atoms with Crippen LogP contribution in [0.2, 0.25) is 0 Å². The van der Waals surface area contributed by atoms with E-state index in [9.17, 15) is 0 Å². The molecule has 4 heteroatoms. The first-order chi connectivity index (χ1) is 8.74. The predicted molar refractivity (Wildman–Crippen MR) is 74.4 cm³/mol. The van der Waals surface area contributed by atoms with Crippen molar-refractivity contribution in [2.75, 3.05) is 26.2 Å². The fourth-order valence-corrected chi connectivity index (χ4v) is 2.62. The summed E-state index contributed by atoms with van der Waals surface area (Å²) in [5.41, 5.74) is 0. The molecule has 1 saturated heterocycles. The summed E-state index contributed by atoms with van der Waals surface area (Å²) in [7, 11) is 0. The molecule has 0 aromatic carbocycles. The minimum atomic E-state index is 0.584. The van der Waals surface area contributed by atoms with Crippen LogP contribution in [0.1, 0.15) is 19.7 Å². The van der Waals surface area contributed by atoms with Crippen molar-refractivity contribution in [1.29, 1.82) is 0 Å². The number of rotatable bonds is 5. The smallest absolute Gasteiger partial charge is 0.122 e. The Morgan fingerprint density at radius 1 is 1.50 bits per heavy atom. The second-order valence-electron chi connectivity index (χ2n) is 5.00. The van der Waals surface area contributed by atoms with Crippen LogP contribution in [-0.2, 0) is 13.1 Å². The molecule has 2 rings (SSSR count). The van der Waals surface area contributed by atoms with Crippen molar-refractivity contribution in [3.05, 3.63) is 30.9 Å². The van der Waals surface area contributed by atoms with Crippen LogP contribution in [0.3, 0.4) is 0 Å². The number of hydrogen-bond donors (Lipinski definition) is 0. The minimum absolute atomic E-state index is 0.584. The van der Waals surface area contributed by atoms with Gasteiger partial charge in [0.05, 0.1) is 6.54 Å². The lowest BCUT2D eigenvalue weighted by atomic mass is 10.2. The van der Waals surface area contributed by atoms with Crippen LogP contribution in [0.5, 0.6) is 0 Å². The predicted octanol–water partition coefficient (Wildman–Crippen LogP) is 1.60. The largest absolute Gasteiger partial charge is 0.334 e. The Morgan fingerprint density at radius 2 is 2.33 bits per heavy atom. The van der Waals surface area contributed by atoms with Crippen LogP contribution in [-0.4, -0.2) is 51.6 Å². The summed E-state index contributed by atoms with van der Waals surface area (Å²) in [6.07, 6.45) is 5.96. The normalized spacial score (nSPS) is 22.2. The van der Waals surface area contributed by atoms with E-state index in [0.717, 1.165) is 39.3 Å². The molecule has 0 amide bonds. The number of aryl methyl sites for hydroxylation is 1. The van der Waals surface area contributed by atoms with E-state index in [1.807, 2.05) is 12.3 Å². The molecule has 4 nitrogen and oxygen atoms in total. The Kier molecular flexibility index (Phi) is 4.55. The van der Waals surface area contributed by atoms with Crippen LogP contribution in [0.4, 0.5) is 0 Å². The molecule has 0 bridgehead atoms. The molecule has 0 radical (unpaired) electrons. The summed E-state index contributed by atoms with van der Waals surface area (Å²) < 4.78 is 2.23. The SMILES string of the molecule is C=CCN1CCN(Cc2nccn2CC)[C@@H](C)C1. The quantitative estimate of drug-likeness (QED) is 0.740. The van der Waals surface area contributed by atoms with Gasteiger partial charge < -0.3 is 4.57 Å². The highest BCUT2D eigenvalue weighted by atomic mass is 15.3. The second kappa shape index (κ2) is 6.16. The molecule has 0 aliphatic carbocycles. The van der Waals surface area contributed by atoms with Crippen LogP contribution in [0, 0.1) is 0 Å². The highest BCUT2D eigenvalue weighted by molar-refractivity contribution is 4.94. The lowest BCUT2D eigenvalue weighted by molar-refractivity contribution is 0.0820. The lowest BCUT2D eigenvalue weighted by Gasteiger charge is -2.39. The van der Waals surface area contributed by atoms with Crippen molar-refractivity contribution in [2.45, 2.75) is 33.0 Å². The van der Waals surface area contributed by atoms with Gasteiger partial charge in [-0.15, -0.1) is 6.58 Å². The maximum atomic E-state index is 4.46. The molecule has 0 unspecified atom stereocenters. The zero-order chi connectivity index (χ0) is 13.0. The first kappa shape index (κ1) is 13.3. The van der Waals surface area contributed by atoms with E-state index in [0.29, 0.717) is 6.04 Å². The number of nitrogens with zero attached hydrogens (tertiary/aromatic N) is 4. The third kappa shape index (κ3) is 3.00. The van der Waals surface area contributed by atoms with Crippen molar-refractivity contribution < 1.29 is 0 Å². The van der Waals surface area contributed by atoms with E-state index in [4.69, 9.17) is 0 Å². The summed E-state index contributed by atoms with van der Waals surface area (Å²) in [5.74, 6) is 1.18. The van der Waals surface area contributed by atoms with E-state index < -0.39 is 0 Å². The number of imidazole rings is 1. The molecule has 0 spiro atoms. The Balaban J connectivity index is 1.93. The summed E-state index contributed by atoms with van der Waals surface area (Å²) in [4.78, 5) is 9.44. The highest BCUT2D eigenvalue weighted by Crippen LogP contribution is 2.13. The molecule has 1 atom stereocenters. The maximum absolute atomic E-state index is 4.46. The van der Waals surface area contributed by atoms with Crippen molar-refractivity contribution >= 4 is 0 Å². The van der Waals surface area contributed by atoms with Gasteiger partial charge in [0.25, 0.3) is 0 Å². The molecule has 1 aromatic rings. The van der Waals surface area contributed by atoms with Gasteiger partial charge in [0.15, 0.2) is 0 Å². The third-order valence-electron chi connectivity index (χ3n) is 3.72. The Hall–Kier alpha value is -1.13. The molecule has 18 heavy (non-hydrogen) atoms. The molecule has 1 aliphatic heterocycles. The molecule has 0 saturated carbocycles. The first-order valence-corrected chi connectivity index (χ1v) is 6.82. The topological polar surface area (TPSA) is 24.3 Å². The van der Waals surface area contributed by atoms with E-state index in [-0.39, 0.29) is 0 Å². The lowest BCUT2D eigenvalue weighted by Crippen LogP contribution is -2.51. The fraction of sp³-hybridized carbons (Fsp3) is 0.643. The molecule has 1 aliphatic rings. The van der Waals surface area contributed by atoms with Gasteiger partial charge in [0.1, 0.15) is 5.82 Å². The highest BCUT2D eigenvalue weighted by Gasteiger charge is 2.23. The van der Waals surface area contributed by atoms with Gasteiger partial charge in [0, 0.05) is 51.2 Å². The van der Waals surface area contributed by atoms with E-state index in [2.05, 4.69) is 46.0 Å².